The van der Waals surface area contributed by atoms with Gasteiger partial charge in [-0.25, -0.2) is 5.01 Å². The average molecular weight is 300 g/mol. The molecule has 4 N–H and O–H groups in total. The van der Waals surface area contributed by atoms with Crippen molar-refractivity contribution in [3.63, 3.8) is 0 Å². The van der Waals surface area contributed by atoms with Gasteiger partial charge >= 0.3 is 0 Å². The minimum absolute atomic E-state index is 0.0251. The Morgan fingerprint density at radius 3 is 2.10 bits per heavy atom. The molecule has 1 fully saturated rings. The average Bonchev–Trinajstić information content (AvgIpc) is 2.64. The smallest absolute Gasteiger partial charge is 0.121 e. The zero-order chi connectivity index (χ0) is 16.3. The molecule has 0 aliphatic carbocycles. The molecule has 1 heterocycles. The highest BCUT2D eigenvalue weighted by atomic mass is 15.7. The van der Waals surface area contributed by atoms with Crippen LogP contribution in [0.25, 0.3) is 0 Å². The summed E-state index contributed by atoms with van der Waals surface area (Å²) in [7, 11) is 4.25. The maximum atomic E-state index is 6.63. The lowest BCUT2D eigenvalue weighted by molar-refractivity contribution is -0.131. The van der Waals surface area contributed by atoms with E-state index in [4.69, 9.17) is 5.73 Å². The van der Waals surface area contributed by atoms with Crippen LogP contribution in [0.4, 0.5) is 0 Å². The molecule has 0 aromatic carbocycles. The molecular weight excluding hydrogens is 264 g/mol. The van der Waals surface area contributed by atoms with Crippen LogP contribution in [0.2, 0.25) is 0 Å². The molecule has 0 saturated carbocycles. The molecule has 0 bridgehead atoms. The van der Waals surface area contributed by atoms with Crippen LogP contribution in [-0.2, 0) is 0 Å². The van der Waals surface area contributed by atoms with Crippen molar-refractivity contribution in [2.45, 2.75) is 52.0 Å². The summed E-state index contributed by atoms with van der Waals surface area (Å²) in [6.45, 7) is 15.6. The number of nitrogens with two attached hydrogens (primary N) is 1. The normalized spacial score (nSPS) is 34.3. The fraction of sp³-hybridized carbons (Fsp3) is 1.00. The summed E-state index contributed by atoms with van der Waals surface area (Å²) in [6, 6.07) is 0.0251. The number of nitrogens with zero attached hydrogens (tertiary/aromatic N) is 3. The molecule has 1 saturated heterocycles. The topological polar surface area (TPSA) is 59.8 Å². The second-order valence-electron chi connectivity index (χ2n) is 6.11. The minimum atomic E-state index is -0.296. The number of hydrogen-bond donors (Lipinski definition) is 3. The molecule has 0 spiro atoms. The standard InChI is InChI=1S/C15H36N6/c1-8-17-15(19(6)7)13(16)12-21(18-9-2)14(15,5)20(10-3)11-4/h13,17-18H,8-12,16H2,1-7H3. The van der Waals surface area contributed by atoms with E-state index in [1.165, 1.54) is 0 Å². The lowest BCUT2D eigenvalue weighted by Gasteiger charge is -2.56. The number of rotatable bonds is 8. The van der Waals surface area contributed by atoms with Crippen molar-refractivity contribution >= 4 is 0 Å². The molecule has 1 rings (SSSR count). The summed E-state index contributed by atoms with van der Waals surface area (Å²) >= 11 is 0. The first-order valence-corrected chi connectivity index (χ1v) is 8.30. The Labute approximate surface area is 131 Å². The molecule has 1 aliphatic rings. The molecule has 1 aliphatic heterocycles. The van der Waals surface area contributed by atoms with Crippen LogP contribution in [0, 0.1) is 0 Å². The van der Waals surface area contributed by atoms with Crippen LogP contribution in [0.1, 0.15) is 34.6 Å². The summed E-state index contributed by atoms with van der Waals surface area (Å²) in [5, 5.41) is 6.04. The van der Waals surface area contributed by atoms with Crippen molar-refractivity contribution in [1.29, 1.82) is 0 Å². The van der Waals surface area contributed by atoms with Crippen LogP contribution in [0.5, 0.6) is 0 Å². The van der Waals surface area contributed by atoms with Gasteiger partial charge in [0.1, 0.15) is 11.3 Å². The number of nitrogens with one attached hydrogen (secondary N) is 2. The lowest BCUT2D eigenvalue weighted by atomic mass is 9.88. The van der Waals surface area contributed by atoms with Crippen molar-refractivity contribution < 1.29 is 0 Å². The van der Waals surface area contributed by atoms with Crippen LogP contribution in [0.3, 0.4) is 0 Å². The number of hydrazine groups is 1. The van der Waals surface area contributed by atoms with E-state index in [0.717, 1.165) is 32.7 Å². The van der Waals surface area contributed by atoms with Crippen molar-refractivity contribution in [2.75, 3.05) is 46.8 Å². The van der Waals surface area contributed by atoms with Crippen LogP contribution >= 0.6 is 0 Å². The monoisotopic (exact) mass is 300 g/mol. The fourth-order valence-corrected chi connectivity index (χ4v) is 4.21. The minimum Gasteiger partial charge on any atom is -0.324 e. The zero-order valence-electron chi connectivity index (χ0n) is 15.0. The Morgan fingerprint density at radius 2 is 1.71 bits per heavy atom. The number of likely N-dealkylation sites (N-methyl/N-ethyl adjacent to an activating group) is 3. The van der Waals surface area contributed by atoms with Gasteiger partial charge in [-0.2, -0.15) is 0 Å². The van der Waals surface area contributed by atoms with E-state index in [2.05, 4.69) is 74.3 Å². The third-order valence-corrected chi connectivity index (χ3v) is 5.04. The summed E-state index contributed by atoms with van der Waals surface area (Å²) < 4.78 is 0. The first-order chi connectivity index (χ1) is 9.86. The molecule has 6 heteroatoms. The SMILES string of the molecule is CCNN1CC(N)C(NCC)(N(C)C)C1(C)N(CC)CC. The molecule has 0 aromatic rings. The quantitative estimate of drug-likeness (QED) is 0.552. The zero-order valence-corrected chi connectivity index (χ0v) is 15.0. The highest BCUT2D eigenvalue weighted by molar-refractivity contribution is 5.17. The van der Waals surface area contributed by atoms with Crippen LogP contribution < -0.4 is 16.5 Å². The van der Waals surface area contributed by atoms with Gasteiger partial charge in [-0.05, 0) is 40.7 Å². The van der Waals surface area contributed by atoms with Gasteiger partial charge in [0, 0.05) is 13.1 Å². The van der Waals surface area contributed by atoms with Crippen LogP contribution in [0.15, 0.2) is 0 Å². The summed E-state index contributed by atoms with van der Waals surface area (Å²) in [5.74, 6) is 0. The number of hydrogen-bond acceptors (Lipinski definition) is 6. The van der Waals surface area contributed by atoms with E-state index < -0.39 is 0 Å². The van der Waals surface area contributed by atoms with E-state index in [1.54, 1.807) is 0 Å². The highest BCUT2D eigenvalue weighted by Crippen LogP contribution is 2.40. The van der Waals surface area contributed by atoms with E-state index in [9.17, 15) is 0 Å². The predicted molar refractivity (Wildman–Crippen MR) is 89.8 cm³/mol. The van der Waals surface area contributed by atoms with Gasteiger partial charge in [0.15, 0.2) is 0 Å². The van der Waals surface area contributed by atoms with E-state index in [0.29, 0.717) is 0 Å². The van der Waals surface area contributed by atoms with E-state index in [-0.39, 0.29) is 17.4 Å². The molecule has 3 unspecified atom stereocenters. The van der Waals surface area contributed by atoms with Crippen molar-refractivity contribution in [2.24, 2.45) is 5.73 Å². The van der Waals surface area contributed by atoms with Crippen molar-refractivity contribution in [3.8, 4) is 0 Å². The second-order valence-corrected chi connectivity index (χ2v) is 6.11. The summed E-state index contributed by atoms with van der Waals surface area (Å²) in [5.41, 5.74) is 9.65. The highest BCUT2D eigenvalue weighted by Gasteiger charge is 2.64. The van der Waals surface area contributed by atoms with Crippen LogP contribution in [-0.4, -0.2) is 79.0 Å². The van der Waals surface area contributed by atoms with Gasteiger partial charge in [0.05, 0.1) is 6.04 Å². The van der Waals surface area contributed by atoms with Gasteiger partial charge in [-0.1, -0.05) is 27.7 Å². The van der Waals surface area contributed by atoms with Gasteiger partial charge in [0.2, 0.25) is 0 Å². The second kappa shape index (κ2) is 7.35. The maximum Gasteiger partial charge on any atom is 0.121 e. The Balaban J connectivity index is 3.41. The lowest BCUT2D eigenvalue weighted by Crippen LogP contribution is -2.80. The Kier molecular flexibility index (Phi) is 6.58. The Hall–Kier alpha value is -0.240. The van der Waals surface area contributed by atoms with Gasteiger partial charge < -0.3 is 5.73 Å². The molecule has 6 nitrogen and oxygen atoms in total. The molecule has 3 atom stereocenters. The van der Waals surface area contributed by atoms with Gasteiger partial charge in [-0.15, -0.1) is 0 Å². The first kappa shape index (κ1) is 18.8. The third kappa shape index (κ3) is 2.73. The Morgan fingerprint density at radius 1 is 1.14 bits per heavy atom. The van der Waals surface area contributed by atoms with Gasteiger partial charge in [-0.3, -0.25) is 20.5 Å². The largest absolute Gasteiger partial charge is 0.324 e. The predicted octanol–water partition coefficient (Wildman–Crippen LogP) is 0.0792. The molecule has 0 radical (unpaired) electrons. The molecule has 126 valence electrons. The van der Waals surface area contributed by atoms with Crippen molar-refractivity contribution in [1.82, 2.24) is 25.6 Å². The first-order valence-electron chi connectivity index (χ1n) is 8.30. The molecule has 21 heavy (non-hydrogen) atoms. The molecule has 0 aromatic heterocycles. The summed E-state index contributed by atoms with van der Waals surface area (Å²) in [4.78, 5) is 4.75. The van der Waals surface area contributed by atoms with E-state index in [1.807, 2.05) is 0 Å². The van der Waals surface area contributed by atoms with E-state index >= 15 is 0 Å². The third-order valence-electron chi connectivity index (χ3n) is 5.04. The Bertz CT molecular complexity index is 319. The maximum absolute atomic E-state index is 6.63. The van der Waals surface area contributed by atoms with Gasteiger partial charge in [0.25, 0.3) is 0 Å². The molecule has 0 amide bonds. The summed E-state index contributed by atoms with van der Waals surface area (Å²) in [6.07, 6.45) is 0. The van der Waals surface area contributed by atoms with Crippen molar-refractivity contribution in [3.05, 3.63) is 0 Å². The fourth-order valence-electron chi connectivity index (χ4n) is 4.21. The molecular formula is C15H36N6.